The maximum Gasteiger partial charge on any atom is 0.270 e. The van der Waals surface area contributed by atoms with Crippen molar-refractivity contribution in [2.45, 2.75) is 19.8 Å². The molecule has 3 heterocycles. The summed E-state index contributed by atoms with van der Waals surface area (Å²) >= 11 is 0. The summed E-state index contributed by atoms with van der Waals surface area (Å²) in [6.07, 6.45) is 4.95. The van der Waals surface area contributed by atoms with E-state index < -0.39 is 0 Å². The van der Waals surface area contributed by atoms with Crippen molar-refractivity contribution in [3.8, 4) is 0 Å². The van der Waals surface area contributed by atoms with Crippen molar-refractivity contribution in [2.75, 3.05) is 24.5 Å². The van der Waals surface area contributed by atoms with Gasteiger partial charge in [0.1, 0.15) is 11.2 Å². The minimum Gasteiger partial charge on any atom is -0.371 e. The fourth-order valence-electron chi connectivity index (χ4n) is 3.54. The molecule has 6 heteroatoms. The number of carbonyl (C=O) groups is 1. The number of hydrogen-bond donors (Lipinski definition) is 1. The number of aromatic nitrogens is 2. The molecule has 1 aliphatic rings. The van der Waals surface area contributed by atoms with Gasteiger partial charge in [-0.1, -0.05) is 24.3 Å². The molecule has 0 saturated carbocycles. The van der Waals surface area contributed by atoms with Gasteiger partial charge in [-0.2, -0.15) is 0 Å². The molecule has 1 N–H and O–H groups in total. The number of aryl methyl sites for hydroxylation is 1. The third-order valence-electron chi connectivity index (χ3n) is 4.97. The molecule has 0 aliphatic carbocycles. The first-order valence-corrected chi connectivity index (χ1v) is 9.22. The smallest absolute Gasteiger partial charge is 0.270 e. The van der Waals surface area contributed by atoms with Crippen molar-refractivity contribution in [2.24, 2.45) is 0 Å². The maximum absolute atomic E-state index is 12.6. The molecule has 0 atom stereocenters. The second kappa shape index (κ2) is 7.23. The van der Waals surface area contributed by atoms with Crippen LogP contribution in [0.4, 0.5) is 5.69 Å². The van der Waals surface area contributed by atoms with Crippen molar-refractivity contribution in [1.82, 2.24) is 14.7 Å². The largest absolute Gasteiger partial charge is 0.371 e. The standard InChI is InChI=1S/C21H22N4O2/c1-15-7-8-19-23-13-17(21(27)25(19)14-15)20(26)22-10-4-11-24-12-9-16-5-2-3-6-18(16)24/h2-3,5-8,13-14H,4,9-12H2,1H3,(H,22,26). The van der Waals surface area contributed by atoms with Gasteiger partial charge in [-0.25, -0.2) is 4.98 Å². The van der Waals surface area contributed by atoms with E-state index in [0.717, 1.165) is 31.5 Å². The van der Waals surface area contributed by atoms with Gasteiger partial charge in [-0.15, -0.1) is 0 Å². The van der Waals surface area contributed by atoms with Gasteiger partial charge >= 0.3 is 0 Å². The topological polar surface area (TPSA) is 66.7 Å². The Balaban J connectivity index is 1.37. The van der Waals surface area contributed by atoms with Gasteiger partial charge < -0.3 is 10.2 Å². The van der Waals surface area contributed by atoms with Gasteiger partial charge in [-0.05, 0) is 43.0 Å². The third-order valence-corrected chi connectivity index (χ3v) is 4.97. The molecule has 138 valence electrons. The number of benzene rings is 1. The van der Waals surface area contributed by atoms with Gasteiger partial charge in [0.05, 0.1) is 0 Å². The molecule has 27 heavy (non-hydrogen) atoms. The average molecular weight is 362 g/mol. The van der Waals surface area contributed by atoms with E-state index in [1.165, 1.54) is 21.8 Å². The van der Waals surface area contributed by atoms with Crippen LogP contribution < -0.4 is 15.8 Å². The lowest BCUT2D eigenvalue weighted by molar-refractivity contribution is 0.0951. The first kappa shape index (κ1) is 17.3. The van der Waals surface area contributed by atoms with Crippen molar-refractivity contribution in [3.05, 3.63) is 75.8 Å². The maximum atomic E-state index is 12.6. The first-order valence-electron chi connectivity index (χ1n) is 9.22. The molecule has 0 spiro atoms. The Kier molecular flexibility index (Phi) is 4.62. The van der Waals surface area contributed by atoms with Crippen LogP contribution >= 0.6 is 0 Å². The molecule has 0 radical (unpaired) electrons. The first-order chi connectivity index (χ1) is 13.1. The molecule has 1 aliphatic heterocycles. The highest BCUT2D eigenvalue weighted by atomic mass is 16.2. The predicted molar refractivity (Wildman–Crippen MR) is 106 cm³/mol. The van der Waals surface area contributed by atoms with Gasteiger partial charge in [0.2, 0.25) is 0 Å². The van der Waals surface area contributed by atoms with Crippen LogP contribution in [0.5, 0.6) is 0 Å². The summed E-state index contributed by atoms with van der Waals surface area (Å²) in [6, 6.07) is 12.1. The van der Waals surface area contributed by atoms with Crippen LogP contribution in [0.1, 0.15) is 27.9 Å². The third kappa shape index (κ3) is 3.43. The average Bonchev–Trinajstić information content (AvgIpc) is 3.09. The zero-order valence-electron chi connectivity index (χ0n) is 15.3. The number of nitrogens with zero attached hydrogens (tertiary/aromatic N) is 3. The number of nitrogens with one attached hydrogen (secondary N) is 1. The second-order valence-corrected chi connectivity index (χ2v) is 6.89. The van der Waals surface area contributed by atoms with Crippen LogP contribution in [0.25, 0.3) is 5.65 Å². The van der Waals surface area contributed by atoms with Crippen LogP contribution in [0.3, 0.4) is 0 Å². The highest BCUT2D eigenvalue weighted by molar-refractivity contribution is 5.93. The number of pyridine rings is 1. The number of amides is 1. The second-order valence-electron chi connectivity index (χ2n) is 6.89. The summed E-state index contributed by atoms with van der Waals surface area (Å²) in [5.41, 5.74) is 3.88. The fourth-order valence-corrected chi connectivity index (χ4v) is 3.54. The van der Waals surface area contributed by atoms with E-state index in [9.17, 15) is 9.59 Å². The Morgan fingerprint density at radius 1 is 1.22 bits per heavy atom. The van der Waals surface area contributed by atoms with Crippen molar-refractivity contribution in [1.29, 1.82) is 0 Å². The molecule has 1 aromatic carbocycles. The van der Waals surface area contributed by atoms with Gasteiger partial charge in [0.25, 0.3) is 11.5 Å². The van der Waals surface area contributed by atoms with E-state index in [0.29, 0.717) is 12.2 Å². The molecular formula is C21H22N4O2. The van der Waals surface area contributed by atoms with Gasteiger partial charge in [-0.3, -0.25) is 14.0 Å². The summed E-state index contributed by atoms with van der Waals surface area (Å²) in [5.74, 6) is -0.370. The van der Waals surface area contributed by atoms with E-state index in [1.807, 2.05) is 13.0 Å². The van der Waals surface area contributed by atoms with Crippen LogP contribution in [-0.2, 0) is 6.42 Å². The molecule has 0 unspecified atom stereocenters. The Morgan fingerprint density at radius 2 is 2.07 bits per heavy atom. The Bertz CT molecular complexity index is 1060. The lowest BCUT2D eigenvalue weighted by atomic mass is 10.2. The van der Waals surface area contributed by atoms with Crippen molar-refractivity contribution in [3.63, 3.8) is 0 Å². The van der Waals surface area contributed by atoms with E-state index in [-0.39, 0.29) is 17.0 Å². The number of anilines is 1. The molecule has 0 bridgehead atoms. The quantitative estimate of drug-likeness (QED) is 0.707. The monoisotopic (exact) mass is 362 g/mol. The molecule has 4 rings (SSSR count). The zero-order valence-corrected chi connectivity index (χ0v) is 15.3. The lowest BCUT2D eigenvalue weighted by Crippen LogP contribution is -2.33. The van der Waals surface area contributed by atoms with Gasteiger partial charge in [0, 0.05) is 37.7 Å². The molecule has 1 amide bonds. The Labute approximate surface area is 157 Å². The van der Waals surface area contributed by atoms with E-state index >= 15 is 0 Å². The fraction of sp³-hybridized carbons (Fsp3) is 0.286. The summed E-state index contributed by atoms with van der Waals surface area (Å²) in [7, 11) is 0. The van der Waals surface area contributed by atoms with Crippen molar-refractivity contribution < 1.29 is 4.79 Å². The summed E-state index contributed by atoms with van der Waals surface area (Å²) in [5, 5.41) is 2.85. The van der Waals surface area contributed by atoms with Crippen LogP contribution in [0.15, 0.2) is 53.6 Å². The minimum absolute atomic E-state index is 0.0737. The number of carbonyl (C=O) groups excluding carboxylic acids is 1. The number of rotatable bonds is 5. The predicted octanol–water partition coefficient (Wildman–Crippen LogP) is 2.19. The Hall–Kier alpha value is -3.15. The molecule has 2 aromatic heterocycles. The zero-order chi connectivity index (χ0) is 18.8. The van der Waals surface area contributed by atoms with E-state index in [2.05, 4.69) is 39.5 Å². The highest BCUT2D eigenvalue weighted by Crippen LogP contribution is 2.27. The van der Waals surface area contributed by atoms with E-state index in [1.54, 1.807) is 12.3 Å². The molecular weight excluding hydrogens is 340 g/mol. The summed E-state index contributed by atoms with van der Waals surface area (Å²) in [4.78, 5) is 31.5. The SMILES string of the molecule is Cc1ccc2ncc(C(=O)NCCCN3CCc4ccccc43)c(=O)n2c1. The van der Waals surface area contributed by atoms with Gasteiger partial charge in [0.15, 0.2) is 0 Å². The number of fused-ring (bicyclic) bond motifs is 2. The van der Waals surface area contributed by atoms with E-state index in [4.69, 9.17) is 0 Å². The highest BCUT2D eigenvalue weighted by Gasteiger charge is 2.18. The van der Waals surface area contributed by atoms with Crippen molar-refractivity contribution >= 4 is 17.2 Å². The summed E-state index contributed by atoms with van der Waals surface area (Å²) in [6.45, 7) is 4.32. The lowest BCUT2D eigenvalue weighted by Gasteiger charge is -2.19. The van der Waals surface area contributed by atoms with Crippen LogP contribution in [-0.4, -0.2) is 34.9 Å². The Morgan fingerprint density at radius 3 is 2.96 bits per heavy atom. The van der Waals surface area contributed by atoms with Crippen LogP contribution in [0, 0.1) is 6.92 Å². The van der Waals surface area contributed by atoms with Crippen LogP contribution in [0.2, 0.25) is 0 Å². The molecule has 0 saturated heterocycles. The summed E-state index contributed by atoms with van der Waals surface area (Å²) < 4.78 is 1.42. The number of para-hydroxylation sites is 1. The normalized spacial score (nSPS) is 13.0. The number of hydrogen-bond acceptors (Lipinski definition) is 4. The molecule has 0 fully saturated rings. The minimum atomic E-state index is -0.370. The molecule has 3 aromatic rings. The molecule has 6 nitrogen and oxygen atoms in total.